The molecule has 0 fully saturated rings. The molecule has 3 nitrogen and oxygen atoms in total. The topological polar surface area (TPSA) is 43.4 Å². The fourth-order valence-corrected chi connectivity index (χ4v) is 3.75. The molecule has 1 aromatic carbocycles. The summed E-state index contributed by atoms with van der Waals surface area (Å²) < 4.78 is 5.06. The van der Waals surface area contributed by atoms with Gasteiger partial charge >= 0.3 is 5.97 Å². The van der Waals surface area contributed by atoms with Crippen LogP contribution in [-0.4, -0.2) is 18.4 Å². The summed E-state index contributed by atoms with van der Waals surface area (Å²) in [5.41, 5.74) is 5.60. The summed E-state index contributed by atoms with van der Waals surface area (Å²) in [6.45, 7) is 10.5. The van der Waals surface area contributed by atoms with Crippen LogP contribution in [0.4, 0.5) is 0 Å². The molecule has 2 rings (SSSR count). The Bertz CT molecular complexity index is 938. The first kappa shape index (κ1) is 24.3. The van der Waals surface area contributed by atoms with Crippen molar-refractivity contribution in [3.8, 4) is 0 Å². The number of benzene rings is 1. The number of Topliss-reactive ketones (excluding diaryl/α,β-unsaturated/α-hetero) is 1. The lowest BCUT2D eigenvalue weighted by atomic mass is 9.72. The van der Waals surface area contributed by atoms with E-state index in [4.69, 9.17) is 4.74 Å². The Morgan fingerprint density at radius 3 is 2.45 bits per heavy atom. The fraction of sp³-hybridized carbons (Fsp3) is 0.357. The summed E-state index contributed by atoms with van der Waals surface area (Å²) in [5, 5.41) is 0. The van der Waals surface area contributed by atoms with Gasteiger partial charge in [-0.1, -0.05) is 85.7 Å². The highest BCUT2D eigenvalue weighted by molar-refractivity contribution is 5.98. The van der Waals surface area contributed by atoms with Crippen LogP contribution in [0, 0.1) is 5.41 Å². The summed E-state index contributed by atoms with van der Waals surface area (Å²) in [7, 11) is 0. The van der Waals surface area contributed by atoms with Gasteiger partial charge in [0.2, 0.25) is 0 Å². The van der Waals surface area contributed by atoms with Crippen LogP contribution in [0.3, 0.4) is 0 Å². The molecular weight excluding hydrogens is 384 g/mol. The minimum absolute atomic E-state index is 0.215. The van der Waals surface area contributed by atoms with Crippen molar-refractivity contribution in [2.45, 2.75) is 53.9 Å². The minimum atomic E-state index is -0.519. The fourth-order valence-electron chi connectivity index (χ4n) is 3.75. The molecule has 0 spiro atoms. The number of rotatable bonds is 8. The zero-order valence-electron chi connectivity index (χ0n) is 19.4. The Morgan fingerprint density at radius 2 is 1.77 bits per heavy atom. The van der Waals surface area contributed by atoms with Crippen molar-refractivity contribution in [2.75, 3.05) is 6.61 Å². The van der Waals surface area contributed by atoms with Crippen LogP contribution in [0.2, 0.25) is 0 Å². The van der Waals surface area contributed by atoms with Crippen LogP contribution in [0.1, 0.15) is 64.2 Å². The van der Waals surface area contributed by atoms with Gasteiger partial charge in [-0.05, 0) is 56.6 Å². The van der Waals surface area contributed by atoms with E-state index >= 15 is 0 Å². The van der Waals surface area contributed by atoms with Crippen LogP contribution >= 0.6 is 0 Å². The van der Waals surface area contributed by atoms with Gasteiger partial charge in [-0.15, -0.1) is 0 Å². The molecule has 0 saturated heterocycles. The lowest BCUT2D eigenvalue weighted by Crippen LogP contribution is -2.19. The van der Waals surface area contributed by atoms with E-state index in [0.29, 0.717) is 5.56 Å². The van der Waals surface area contributed by atoms with Crippen molar-refractivity contribution in [3.05, 3.63) is 94.6 Å². The number of ether oxygens (including phenoxy) is 1. The first-order valence-electron chi connectivity index (χ1n) is 10.9. The largest absolute Gasteiger partial charge is 0.454 e. The lowest BCUT2D eigenvalue weighted by Gasteiger charge is -2.32. The third kappa shape index (κ3) is 8.01. The van der Waals surface area contributed by atoms with Gasteiger partial charge in [-0.2, -0.15) is 0 Å². The highest BCUT2D eigenvalue weighted by Crippen LogP contribution is 2.40. The van der Waals surface area contributed by atoms with Crippen LogP contribution in [0.25, 0.3) is 0 Å². The standard InChI is InChI=1S/C28H34O3/c1-21(16-17-25-23(3)13-10-18-28(25,4)5)11-9-12-22(2)19-27(30)31-20-26(29)24-14-7-6-8-15-24/h6-9,11-12,14-17,19H,10,13,18,20H2,1-5H3/b12-9?,17-16?,21-11-,22-19?. The molecule has 164 valence electrons. The van der Waals surface area contributed by atoms with Crippen LogP contribution < -0.4 is 0 Å². The van der Waals surface area contributed by atoms with Crippen LogP contribution in [-0.2, 0) is 9.53 Å². The zero-order chi connectivity index (χ0) is 22.9. The first-order valence-corrected chi connectivity index (χ1v) is 10.9. The number of hydrogen-bond donors (Lipinski definition) is 0. The molecule has 1 aliphatic carbocycles. The molecule has 1 aliphatic rings. The average Bonchev–Trinajstić information content (AvgIpc) is 2.71. The van der Waals surface area contributed by atoms with E-state index in [9.17, 15) is 9.59 Å². The van der Waals surface area contributed by atoms with E-state index < -0.39 is 5.97 Å². The number of allylic oxidation sites excluding steroid dienone is 9. The molecule has 0 radical (unpaired) electrons. The number of ketones is 1. The van der Waals surface area contributed by atoms with E-state index in [0.717, 1.165) is 11.1 Å². The Kier molecular flexibility index (Phi) is 8.99. The van der Waals surface area contributed by atoms with Crippen molar-refractivity contribution in [1.29, 1.82) is 0 Å². The molecule has 0 aromatic heterocycles. The minimum Gasteiger partial charge on any atom is -0.454 e. The summed E-state index contributed by atoms with van der Waals surface area (Å²) in [6.07, 6.45) is 15.3. The normalized spacial score (nSPS) is 17.5. The van der Waals surface area contributed by atoms with Crippen molar-refractivity contribution >= 4 is 11.8 Å². The Balaban J connectivity index is 1.89. The number of carbonyl (C=O) groups is 2. The molecule has 0 atom stereocenters. The Morgan fingerprint density at radius 1 is 1.06 bits per heavy atom. The van der Waals surface area contributed by atoms with E-state index in [2.05, 4.69) is 39.8 Å². The van der Waals surface area contributed by atoms with Crippen LogP contribution in [0.5, 0.6) is 0 Å². The third-order valence-corrected chi connectivity index (χ3v) is 5.56. The highest BCUT2D eigenvalue weighted by atomic mass is 16.5. The van der Waals surface area contributed by atoms with E-state index in [1.54, 1.807) is 24.3 Å². The second kappa shape index (κ2) is 11.5. The molecule has 1 aromatic rings. The van der Waals surface area contributed by atoms with Crippen molar-refractivity contribution in [3.63, 3.8) is 0 Å². The van der Waals surface area contributed by atoms with Crippen molar-refractivity contribution < 1.29 is 14.3 Å². The molecule has 3 heteroatoms. The maximum Gasteiger partial charge on any atom is 0.331 e. The molecule has 0 bridgehead atoms. The predicted molar refractivity (Wildman–Crippen MR) is 128 cm³/mol. The van der Waals surface area contributed by atoms with E-state index in [1.165, 1.54) is 36.5 Å². The maximum absolute atomic E-state index is 12.0. The van der Waals surface area contributed by atoms with E-state index in [1.807, 2.05) is 31.2 Å². The van der Waals surface area contributed by atoms with Gasteiger partial charge < -0.3 is 4.74 Å². The van der Waals surface area contributed by atoms with Gasteiger partial charge in [0.05, 0.1) is 0 Å². The summed E-state index contributed by atoms with van der Waals surface area (Å²) >= 11 is 0. The molecule has 0 aliphatic heterocycles. The maximum atomic E-state index is 12.0. The van der Waals surface area contributed by atoms with Gasteiger partial charge in [0.25, 0.3) is 0 Å². The lowest BCUT2D eigenvalue weighted by molar-refractivity contribution is -0.136. The number of carbonyl (C=O) groups excluding carboxylic acids is 2. The number of esters is 1. The molecule has 0 heterocycles. The molecule has 0 amide bonds. The predicted octanol–water partition coefficient (Wildman–Crippen LogP) is 6.94. The quantitative estimate of drug-likeness (QED) is 0.199. The summed E-state index contributed by atoms with van der Waals surface area (Å²) in [5.74, 6) is -0.735. The van der Waals surface area contributed by atoms with Crippen molar-refractivity contribution in [1.82, 2.24) is 0 Å². The van der Waals surface area contributed by atoms with Crippen molar-refractivity contribution in [2.24, 2.45) is 5.41 Å². The SMILES string of the molecule is CC(C=C/C=C(/C)C=CC1=C(C)CCCC1(C)C)=CC(=O)OCC(=O)c1ccccc1. The van der Waals surface area contributed by atoms with Crippen LogP contribution in [0.15, 0.2) is 89.1 Å². The van der Waals surface area contributed by atoms with E-state index in [-0.39, 0.29) is 17.8 Å². The van der Waals surface area contributed by atoms with Gasteiger partial charge in [0.1, 0.15) is 0 Å². The molecule has 0 N–H and O–H groups in total. The second-order valence-corrected chi connectivity index (χ2v) is 8.82. The highest BCUT2D eigenvalue weighted by Gasteiger charge is 2.26. The van der Waals surface area contributed by atoms with Gasteiger partial charge in [0, 0.05) is 11.6 Å². The summed E-state index contributed by atoms with van der Waals surface area (Å²) in [4.78, 5) is 23.9. The summed E-state index contributed by atoms with van der Waals surface area (Å²) in [6, 6.07) is 8.81. The molecule has 0 saturated carbocycles. The second-order valence-electron chi connectivity index (χ2n) is 8.82. The zero-order valence-corrected chi connectivity index (χ0v) is 19.4. The Hall–Kier alpha value is -2.94. The molecular formula is C28H34O3. The third-order valence-electron chi connectivity index (χ3n) is 5.56. The number of hydrogen-bond acceptors (Lipinski definition) is 3. The molecule has 31 heavy (non-hydrogen) atoms. The van der Waals surface area contributed by atoms with Gasteiger partial charge in [-0.3, -0.25) is 4.79 Å². The van der Waals surface area contributed by atoms with Gasteiger partial charge in [-0.25, -0.2) is 4.79 Å². The first-order chi connectivity index (χ1) is 14.7. The monoisotopic (exact) mass is 418 g/mol. The van der Waals surface area contributed by atoms with Gasteiger partial charge in [0.15, 0.2) is 12.4 Å². The molecule has 0 unspecified atom stereocenters. The average molecular weight is 419 g/mol. The smallest absolute Gasteiger partial charge is 0.331 e. The Labute approximate surface area is 186 Å².